The van der Waals surface area contributed by atoms with Crippen molar-refractivity contribution in [2.45, 2.75) is 57.4 Å². The Labute approximate surface area is 111 Å². The van der Waals surface area contributed by atoms with Gasteiger partial charge in [0.2, 0.25) is 5.91 Å². The molecule has 0 radical (unpaired) electrons. The molecule has 0 spiro atoms. The fourth-order valence-electron chi connectivity index (χ4n) is 3.53. The number of piperazine rings is 1. The predicted octanol–water partition coefficient (Wildman–Crippen LogP) is 2.26. The highest BCUT2D eigenvalue weighted by Gasteiger charge is 2.33. The number of amides is 1. The molecule has 18 heavy (non-hydrogen) atoms. The molecule has 2 saturated carbocycles. The molecule has 1 saturated heterocycles. The molecular weight excluding hydrogens is 224 g/mol. The van der Waals surface area contributed by atoms with Gasteiger partial charge in [0.05, 0.1) is 0 Å². The van der Waals surface area contributed by atoms with Gasteiger partial charge in [-0.1, -0.05) is 25.7 Å². The zero-order valence-corrected chi connectivity index (χ0v) is 11.4. The summed E-state index contributed by atoms with van der Waals surface area (Å²) >= 11 is 0. The van der Waals surface area contributed by atoms with E-state index < -0.39 is 0 Å². The van der Waals surface area contributed by atoms with Crippen LogP contribution in [0.15, 0.2) is 0 Å². The molecule has 0 atom stereocenters. The van der Waals surface area contributed by atoms with Gasteiger partial charge in [-0.2, -0.15) is 0 Å². The van der Waals surface area contributed by atoms with Gasteiger partial charge >= 0.3 is 0 Å². The normalized spacial score (nSPS) is 28.1. The Morgan fingerprint density at radius 1 is 0.778 bits per heavy atom. The minimum atomic E-state index is 0.347. The Morgan fingerprint density at radius 2 is 1.39 bits per heavy atom. The SMILES string of the molecule is O=C(C1CCCCCC1)N1CCN(C2CC2)CC1. The molecular formula is C15H26N2O. The van der Waals surface area contributed by atoms with E-state index >= 15 is 0 Å². The molecule has 0 aromatic heterocycles. The lowest BCUT2D eigenvalue weighted by Gasteiger charge is -2.36. The van der Waals surface area contributed by atoms with Gasteiger partial charge in [0, 0.05) is 38.1 Å². The molecule has 3 rings (SSSR count). The van der Waals surface area contributed by atoms with Crippen molar-refractivity contribution in [3.63, 3.8) is 0 Å². The quantitative estimate of drug-likeness (QED) is 0.702. The second-order valence-corrected chi connectivity index (χ2v) is 6.28. The van der Waals surface area contributed by atoms with E-state index in [1.165, 1.54) is 38.5 Å². The van der Waals surface area contributed by atoms with Crippen molar-refractivity contribution in [1.29, 1.82) is 0 Å². The largest absolute Gasteiger partial charge is 0.340 e. The molecule has 3 fully saturated rings. The first-order valence-electron chi connectivity index (χ1n) is 7.87. The van der Waals surface area contributed by atoms with E-state index in [2.05, 4.69) is 9.80 Å². The summed E-state index contributed by atoms with van der Waals surface area (Å²) < 4.78 is 0. The summed E-state index contributed by atoms with van der Waals surface area (Å²) in [6.45, 7) is 4.18. The smallest absolute Gasteiger partial charge is 0.225 e. The molecule has 1 heterocycles. The molecule has 0 aromatic carbocycles. The van der Waals surface area contributed by atoms with Crippen molar-refractivity contribution in [2.24, 2.45) is 5.92 Å². The Morgan fingerprint density at radius 3 is 1.94 bits per heavy atom. The van der Waals surface area contributed by atoms with Crippen LogP contribution in [-0.2, 0) is 4.79 Å². The van der Waals surface area contributed by atoms with Crippen molar-refractivity contribution >= 4 is 5.91 Å². The number of nitrogens with zero attached hydrogens (tertiary/aromatic N) is 2. The third kappa shape index (κ3) is 2.87. The van der Waals surface area contributed by atoms with Crippen LogP contribution in [0.4, 0.5) is 0 Å². The maximum atomic E-state index is 12.5. The van der Waals surface area contributed by atoms with E-state index in [0.717, 1.165) is 45.1 Å². The first-order valence-corrected chi connectivity index (χ1v) is 7.87. The number of carbonyl (C=O) groups excluding carboxylic acids is 1. The van der Waals surface area contributed by atoms with Crippen LogP contribution >= 0.6 is 0 Å². The molecule has 3 aliphatic rings. The Kier molecular flexibility index (Phi) is 3.88. The van der Waals surface area contributed by atoms with Gasteiger partial charge in [-0.05, 0) is 25.7 Å². The van der Waals surface area contributed by atoms with E-state index in [1.54, 1.807) is 0 Å². The fourth-order valence-corrected chi connectivity index (χ4v) is 3.53. The average molecular weight is 250 g/mol. The van der Waals surface area contributed by atoms with Gasteiger partial charge < -0.3 is 4.90 Å². The zero-order valence-electron chi connectivity index (χ0n) is 11.4. The summed E-state index contributed by atoms with van der Waals surface area (Å²) in [5.41, 5.74) is 0. The maximum absolute atomic E-state index is 12.5. The molecule has 0 N–H and O–H groups in total. The van der Waals surface area contributed by atoms with E-state index in [4.69, 9.17) is 0 Å². The Hall–Kier alpha value is -0.570. The van der Waals surface area contributed by atoms with Gasteiger partial charge in [0.15, 0.2) is 0 Å². The molecule has 3 nitrogen and oxygen atoms in total. The number of carbonyl (C=O) groups is 1. The maximum Gasteiger partial charge on any atom is 0.225 e. The van der Waals surface area contributed by atoms with Crippen LogP contribution in [0.1, 0.15) is 51.4 Å². The van der Waals surface area contributed by atoms with Crippen molar-refractivity contribution in [3.05, 3.63) is 0 Å². The zero-order chi connectivity index (χ0) is 12.4. The van der Waals surface area contributed by atoms with Crippen molar-refractivity contribution < 1.29 is 4.79 Å². The predicted molar refractivity (Wildman–Crippen MR) is 72.4 cm³/mol. The Bertz CT molecular complexity index is 285. The summed E-state index contributed by atoms with van der Waals surface area (Å²) in [6.07, 6.45) is 10.2. The number of rotatable bonds is 2. The van der Waals surface area contributed by atoms with Gasteiger partial charge in [0.25, 0.3) is 0 Å². The third-order valence-corrected chi connectivity index (χ3v) is 4.89. The molecule has 0 aromatic rings. The summed E-state index contributed by atoms with van der Waals surface area (Å²) in [6, 6.07) is 0.861. The van der Waals surface area contributed by atoms with Crippen LogP contribution in [0.5, 0.6) is 0 Å². The summed E-state index contributed by atoms with van der Waals surface area (Å²) in [4.78, 5) is 17.2. The van der Waals surface area contributed by atoms with Crippen LogP contribution in [0.2, 0.25) is 0 Å². The third-order valence-electron chi connectivity index (χ3n) is 4.89. The van der Waals surface area contributed by atoms with Gasteiger partial charge in [-0.25, -0.2) is 0 Å². The standard InChI is InChI=1S/C15H26N2O/c18-15(13-5-3-1-2-4-6-13)17-11-9-16(10-12-17)14-7-8-14/h13-14H,1-12H2. The van der Waals surface area contributed by atoms with Gasteiger partial charge in [-0.15, -0.1) is 0 Å². The molecule has 2 aliphatic carbocycles. The van der Waals surface area contributed by atoms with Crippen molar-refractivity contribution in [1.82, 2.24) is 9.80 Å². The van der Waals surface area contributed by atoms with Crippen LogP contribution in [0.25, 0.3) is 0 Å². The lowest BCUT2D eigenvalue weighted by Crippen LogP contribution is -2.50. The van der Waals surface area contributed by atoms with E-state index in [-0.39, 0.29) is 0 Å². The van der Waals surface area contributed by atoms with E-state index in [1.807, 2.05) is 0 Å². The highest BCUT2D eigenvalue weighted by Crippen LogP contribution is 2.29. The molecule has 1 aliphatic heterocycles. The van der Waals surface area contributed by atoms with E-state index in [9.17, 15) is 4.79 Å². The first kappa shape index (κ1) is 12.5. The van der Waals surface area contributed by atoms with Crippen LogP contribution in [0, 0.1) is 5.92 Å². The lowest BCUT2D eigenvalue weighted by molar-refractivity contribution is -0.137. The van der Waals surface area contributed by atoms with Crippen molar-refractivity contribution in [3.8, 4) is 0 Å². The lowest BCUT2D eigenvalue weighted by atomic mass is 9.98. The highest BCUT2D eigenvalue weighted by molar-refractivity contribution is 5.79. The minimum absolute atomic E-state index is 0.347. The number of hydrogen-bond acceptors (Lipinski definition) is 2. The van der Waals surface area contributed by atoms with Gasteiger partial charge in [0.1, 0.15) is 0 Å². The first-order chi connectivity index (χ1) is 8.84. The average Bonchev–Trinajstić information content (AvgIpc) is 3.25. The van der Waals surface area contributed by atoms with Gasteiger partial charge in [-0.3, -0.25) is 9.69 Å². The molecule has 1 amide bonds. The number of hydrogen-bond donors (Lipinski definition) is 0. The second-order valence-electron chi connectivity index (χ2n) is 6.28. The fraction of sp³-hybridized carbons (Fsp3) is 0.933. The van der Waals surface area contributed by atoms with Crippen molar-refractivity contribution in [2.75, 3.05) is 26.2 Å². The molecule has 102 valence electrons. The second kappa shape index (κ2) is 5.60. The molecule has 0 unspecified atom stereocenters. The summed E-state index contributed by atoms with van der Waals surface area (Å²) in [5.74, 6) is 0.812. The highest BCUT2D eigenvalue weighted by atomic mass is 16.2. The molecule has 3 heteroatoms. The van der Waals surface area contributed by atoms with Crippen LogP contribution in [-0.4, -0.2) is 47.9 Å². The summed E-state index contributed by atoms with van der Waals surface area (Å²) in [5, 5.41) is 0. The minimum Gasteiger partial charge on any atom is -0.340 e. The molecule has 0 bridgehead atoms. The van der Waals surface area contributed by atoms with Crippen LogP contribution in [0.3, 0.4) is 0 Å². The Balaban J connectivity index is 1.49. The monoisotopic (exact) mass is 250 g/mol. The van der Waals surface area contributed by atoms with Crippen LogP contribution < -0.4 is 0 Å². The van der Waals surface area contributed by atoms with E-state index in [0.29, 0.717) is 11.8 Å². The summed E-state index contributed by atoms with van der Waals surface area (Å²) in [7, 11) is 0. The topological polar surface area (TPSA) is 23.6 Å².